The molecule has 2 unspecified atom stereocenters. The lowest BCUT2D eigenvalue weighted by Crippen LogP contribution is -2.43. The molecular formula is C13H25F3N2. The highest BCUT2D eigenvalue weighted by Gasteiger charge is 2.30. The van der Waals surface area contributed by atoms with Gasteiger partial charge >= 0.3 is 6.18 Å². The molecule has 1 N–H and O–H groups in total. The minimum Gasteiger partial charge on any atom is -0.314 e. The average Bonchev–Trinajstić information content (AvgIpc) is 2.33. The molecule has 0 aromatic rings. The molecule has 1 rings (SSSR count). The summed E-state index contributed by atoms with van der Waals surface area (Å²) in [4.78, 5) is 1.88. The van der Waals surface area contributed by atoms with Gasteiger partial charge in [-0.15, -0.1) is 0 Å². The van der Waals surface area contributed by atoms with Crippen molar-refractivity contribution in [1.29, 1.82) is 0 Å². The van der Waals surface area contributed by atoms with E-state index in [0.717, 1.165) is 38.6 Å². The molecule has 1 fully saturated rings. The van der Waals surface area contributed by atoms with Crippen LogP contribution in [0.5, 0.6) is 0 Å². The average molecular weight is 266 g/mol. The molecule has 0 saturated heterocycles. The second-order valence-electron chi connectivity index (χ2n) is 5.32. The minimum atomic E-state index is -4.04. The van der Waals surface area contributed by atoms with Gasteiger partial charge < -0.3 is 10.2 Å². The summed E-state index contributed by atoms with van der Waals surface area (Å²) in [5, 5.41) is 3.48. The van der Waals surface area contributed by atoms with Crippen molar-refractivity contribution in [3.05, 3.63) is 0 Å². The van der Waals surface area contributed by atoms with Gasteiger partial charge in [-0.05, 0) is 39.3 Å². The van der Waals surface area contributed by atoms with Gasteiger partial charge in [0.1, 0.15) is 0 Å². The van der Waals surface area contributed by atoms with E-state index in [1.807, 2.05) is 11.9 Å². The van der Waals surface area contributed by atoms with Gasteiger partial charge in [0.2, 0.25) is 0 Å². The SMILES string of the molecule is CCCNC1CCCC(N(C)CCC(F)(F)F)C1. The molecule has 0 heterocycles. The van der Waals surface area contributed by atoms with Gasteiger partial charge in [0.05, 0.1) is 6.42 Å². The number of hydrogen-bond acceptors (Lipinski definition) is 2. The topological polar surface area (TPSA) is 15.3 Å². The molecule has 0 aromatic carbocycles. The number of alkyl halides is 3. The highest BCUT2D eigenvalue weighted by molar-refractivity contribution is 4.83. The molecule has 2 atom stereocenters. The third-order valence-electron chi connectivity index (χ3n) is 3.70. The number of nitrogens with one attached hydrogen (secondary N) is 1. The van der Waals surface area contributed by atoms with Crippen LogP contribution in [0.4, 0.5) is 13.2 Å². The summed E-state index contributed by atoms with van der Waals surface area (Å²) in [7, 11) is 1.82. The van der Waals surface area contributed by atoms with Gasteiger partial charge in [-0.1, -0.05) is 13.3 Å². The van der Waals surface area contributed by atoms with Crippen LogP contribution in [0, 0.1) is 0 Å². The van der Waals surface area contributed by atoms with Gasteiger partial charge in [-0.2, -0.15) is 13.2 Å². The Bertz CT molecular complexity index is 231. The van der Waals surface area contributed by atoms with Crippen LogP contribution in [0.15, 0.2) is 0 Å². The van der Waals surface area contributed by atoms with E-state index in [1.165, 1.54) is 0 Å². The van der Waals surface area contributed by atoms with E-state index in [-0.39, 0.29) is 6.54 Å². The normalized spacial score (nSPS) is 25.7. The van der Waals surface area contributed by atoms with Crippen molar-refractivity contribution in [1.82, 2.24) is 10.2 Å². The Morgan fingerprint density at radius 3 is 2.61 bits per heavy atom. The Kier molecular flexibility index (Phi) is 6.43. The van der Waals surface area contributed by atoms with Crippen LogP contribution in [0.25, 0.3) is 0 Å². The number of halogens is 3. The summed E-state index contributed by atoms with van der Waals surface area (Å²) in [5.74, 6) is 0. The van der Waals surface area contributed by atoms with E-state index >= 15 is 0 Å². The largest absolute Gasteiger partial charge is 0.390 e. The Morgan fingerprint density at radius 2 is 2.00 bits per heavy atom. The maximum absolute atomic E-state index is 12.2. The van der Waals surface area contributed by atoms with Gasteiger partial charge in [-0.25, -0.2) is 0 Å². The first-order valence-electron chi connectivity index (χ1n) is 6.92. The molecule has 1 aliphatic carbocycles. The fourth-order valence-corrected chi connectivity index (χ4v) is 2.58. The lowest BCUT2D eigenvalue weighted by molar-refractivity contribution is -0.138. The zero-order chi connectivity index (χ0) is 13.6. The molecule has 0 bridgehead atoms. The van der Waals surface area contributed by atoms with E-state index < -0.39 is 12.6 Å². The summed E-state index contributed by atoms with van der Waals surface area (Å²) in [6.07, 6.45) is 0.639. The fourth-order valence-electron chi connectivity index (χ4n) is 2.58. The van der Waals surface area contributed by atoms with Crippen LogP contribution in [0.2, 0.25) is 0 Å². The van der Waals surface area contributed by atoms with Gasteiger partial charge in [0.25, 0.3) is 0 Å². The lowest BCUT2D eigenvalue weighted by Gasteiger charge is -2.36. The molecule has 1 saturated carbocycles. The Morgan fingerprint density at radius 1 is 1.28 bits per heavy atom. The summed E-state index contributed by atoms with van der Waals surface area (Å²) in [5.41, 5.74) is 0. The molecular weight excluding hydrogens is 241 g/mol. The van der Waals surface area contributed by atoms with Gasteiger partial charge in [0, 0.05) is 18.6 Å². The van der Waals surface area contributed by atoms with Crippen molar-refractivity contribution in [3.63, 3.8) is 0 Å². The summed E-state index contributed by atoms with van der Waals surface area (Å²) in [6.45, 7) is 3.25. The Labute approximate surface area is 108 Å². The molecule has 108 valence electrons. The van der Waals surface area contributed by atoms with E-state index in [1.54, 1.807) is 0 Å². The standard InChI is InChI=1S/C13H25F3N2/c1-3-8-17-11-5-4-6-12(10-11)18(2)9-7-13(14,15)16/h11-12,17H,3-10H2,1-2H3. The van der Waals surface area contributed by atoms with Crippen molar-refractivity contribution >= 4 is 0 Å². The smallest absolute Gasteiger partial charge is 0.314 e. The second kappa shape index (κ2) is 7.34. The highest BCUT2D eigenvalue weighted by Crippen LogP contribution is 2.25. The molecule has 0 amide bonds. The molecule has 2 nitrogen and oxygen atoms in total. The van der Waals surface area contributed by atoms with Gasteiger partial charge in [0.15, 0.2) is 0 Å². The Balaban J connectivity index is 2.31. The van der Waals surface area contributed by atoms with Crippen molar-refractivity contribution in [2.45, 2.75) is 63.7 Å². The van der Waals surface area contributed by atoms with Crippen molar-refractivity contribution in [2.24, 2.45) is 0 Å². The van der Waals surface area contributed by atoms with Crippen LogP contribution in [-0.4, -0.2) is 43.3 Å². The first-order chi connectivity index (χ1) is 8.42. The van der Waals surface area contributed by atoms with E-state index in [4.69, 9.17) is 0 Å². The fraction of sp³-hybridized carbons (Fsp3) is 1.00. The van der Waals surface area contributed by atoms with Crippen LogP contribution >= 0.6 is 0 Å². The molecule has 0 aromatic heterocycles. The third kappa shape index (κ3) is 6.05. The van der Waals surface area contributed by atoms with Crippen LogP contribution < -0.4 is 5.32 Å². The molecule has 0 radical (unpaired) electrons. The van der Waals surface area contributed by atoms with Crippen LogP contribution in [0.1, 0.15) is 45.4 Å². The van der Waals surface area contributed by atoms with Crippen LogP contribution in [-0.2, 0) is 0 Å². The molecule has 5 heteroatoms. The lowest BCUT2D eigenvalue weighted by atomic mass is 9.90. The van der Waals surface area contributed by atoms with E-state index in [2.05, 4.69) is 12.2 Å². The highest BCUT2D eigenvalue weighted by atomic mass is 19.4. The number of rotatable bonds is 6. The maximum atomic E-state index is 12.2. The third-order valence-corrected chi connectivity index (χ3v) is 3.70. The second-order valence-corrected chi connectivity index (χ2v) is 5.32. The van der Waals surface area contributed by atoms with E-state index in [0.29, 0.717) is 12.1 Å². The minimum absolute atomic E-state index is 0.120. The van der Waals surface area contributed by atoms with Crippen molar-refractivity contribution < 1.29 is 13.2 Å². The zero-order valence-corrected chi connectivity index (χ0v) is 11.4. The van der Waals surface area contributed by atoms with E-state index in [9.17, 15) is 13.2 Å². The summed E-state index contributed by atoms with van der Waals surface area (Å²) >= 11 is 0. The van der Waals surface area contributed by atoms with Crippen LogP contribution in [0.3, 0.4) is 0 Å². The quantitative estimate of drug-likeness (QED) is 0.794. The van der Waals surface area contributed by atoms with Crippen molar-refractivity contribution in [2.75, 3.05) is 20.1 Å². The number of hydrogen-bond donors (Lipinski definition) is 1. The summed E-state index contributed by atoms with van der Waals surface area (Å²) in [6, 6.07) is 0.785. The first-order valence-corrected chi connectivity index (χ1v) is 6.92. The monoisotopic (exact) mass is 266 g/mol. The Hall–Kier alpha value is -0.290. The molecule has 1 aliphatic rings. The predicted octanol–water partition coefficient (Wildman–Crippen LogP) is 3.18. The molecule has 18 heavy (non-hydrogen) atoms. The number of nitrogens with zero attached hydrogens (tertiary/aromatic N) is 1. The summed E-state index contributed by atoms with van der Waals surface area (Å²) < 4.78 is 36.6. The van der Waals surface area contributed by atoms with Gasteiger partial charge in [-0.3, -0.25) is 0 Å². The first kappa shape index (κ1) is 15.8. The maximum Gasteiger partial charge on any atom is 0.390 e. The molecule has 0 spiro atoms. The van der Waals surface area contributed by atoms with Crippen molar-refractivity contribution in [3.8, 4) is 0 Å². The molecule has 0 aliphatic heterocycles. The zero-order valence-electron chi connectivity index (χ0n) is 11.4. The predicted molar refractivity (Wildman–Crippen MR) is 67.6 cm³/mol.